The van der Waals surface area contributed by atoms with E-state index in [9.17, 15) is 9.59 Å². The molecule has 106 valence electrons. The fraction of sp³-hybridized carbons (Fsp3) is 0.429. The lowest BCUT2D eigenvalue weighted by molar-refractivity contribution is -0.148. The van der Waals surface area contributed by atoms with Gasteiger partial charge in [-0.3, -0.25) is 9.59 Å². The molecule has 1 aromatic carbocycles. The molecular formula is C14H16N2O4. The van der Waals surface area contributed by atoms with Crippen molar-refractivity contribution in [3.05, 3.63) is 24.3 Å². The molecule has 2 aliphatic rings. The summed E-state index contributed by atoms with van der Waals surface area (Å²) in [7, 11) is 0. The number of fused-ring (bicyclic) bond motifs is 1. The first-order valence-corrected chi connectivity index (χ1v) is 6.63. The van der Waals surface area contributed by atoms with Gasteiger partial charge in [0.1, 0.15) is 6.10 Å². The summed E-state index contributed by atoms with van der Waals surface area (Å²) in [5.74, 6) is 0.849. The number of carbonyl (C=O) groups excluding carboxylic acids is 2. The number of benzene rings is 1. The molecule has 1 fully saturated rings. The number of rotatable bonds is 1. The average molecular weight is 276 g/mol. The predicted molar refractivity (Wildman–Crippen MR) is 70.5 cm³/mol. The van der Waals surface area contributed by atoms with Crippen LogP contribution in [0.3, 0.4) is 0 Å². The van der Waals surface area contributed by atoms with Crippen LogP contribution in [0.1, 0.15) is 6.92 Å². The summed E-state index contributed by atoms with van der Waals surface area (Å²) in [5.41, 5.74) is 0. The van der Waals surface area contributed by atoms with E-state index >= 15 is 0 Å². The second-order valence-corrected chi connectivity index (χ2v) is 4.92. The molecular weight excluding hydrogens is 260 g/mol. The lowest BCUT2D eigenvalue weighted by atomic mass is 10.1. The van der Waals surface area contributed by atoms with Crippen molar-refractivity contribution >= 4 is 11.8 Å². The Kier molecular flexibility index (Phi) is 3.22. The highest BCUT2D eigenvalue weighted by atomic mass is 16.6. The third kappa shape index (κ3) is 2.29. The van der Waals surface area contributed by atoms with E-state index in [2.05, 4.69) is 5.32 Å². The van der Waals surface area contributed by atoms with Gasteiger partial charge in [-0.15, -0.1) is 0 Å². The standard InChI is InChI=1S/C14H16N2O4/c1-9-13(14(18)16-7-6-15-12(17)8-16)20-11-5-3-2-4-10(11)19-9/h2-5,9,13H,6-8H2,1H3,(H,15,17). The van der Waals surface area contributed by atoms with Crippen molar-refractivity contribution in [3.8, 4) is 11.5 Å². The maximum absolute atomic E-state index is 12.5. The smallest absolute Gasteiger partial charge is 0.268 e. The Morgan fingerprint density at radius 3 is 2.70 bits per heavy atom. The van der Waals surface area contributed by atoms with Crippen LogP contribution in [-0.4, -0.2) is 48.6 Å². The lowest BCUT2D eigenvalue weighted by Gasteiger charge is -2.35. The highest BCUT2D eigenvalue weighted by Crippen LogP contribution is 2.33. The topological polar surface area (TPSA) is 67.9 Å². The lowest BCUT2D eigenvalue weighted by Crippen LogP contribution is -2.56. The van der Waals surface area contributed by atoms with Gasteiger partial charge >= 0.3 is 0 Å². The average Bonchev–Trinajstić information content (AvgIpc) is 2.46. The number of nitrogens with zero attached hydrogens (tertiary/aromatic N) is 1. The molecule has 2 amide bonds. The van der Waals surface area contributed by atoms with Gasteiger partial charge in [0.05, 0.1) is 6.54 Å². The van der Waals surface area contributed by atoms with Gasteiger partial charge in [-0.2, -0.15) is 0 Å². The van der Waals surface area contributed by atoms with E-state index in [1.165, 1.54) is 4.90 Å². The maximum Gasteiger partial charge on any atom is 0.268 e. The summed E-state index contributed by atoms with van der Waals surface area (Å²) < 4.78 is 11.5. The van der Waals surface area contributed by atoms with Gasteiger partial charge < -0.3 is 19.7 Å². The van der Waals surface area contributed by atoms with E-state index < -0.39 is 6.10 Å². The number of hydrogen-bond acceptors (Lipinski definition) is 4. The van der Waals surface area contributed by atoms with Crippen molar-refractivity contribution < 1.29 is 19.1 Å². The monoisotopic (exact) mass is 276 g/mol. The normalized spacial score (nSPS) is 25.1. The first-order chi connectivity index (χ1) is 9.65. The molecule has 0 aliphatic carbocycles. The Morgan fingerprint density at radius 1 is 1.30 bits per heavy atom. The predicted octanol–water partition coefficient (Wildman–Crippen LogP) is 0.173. The van der Waals surface area contributed by atoms with Crippen LogP contribution in [0.25, 0.3) is 0 Å². The Bertz CT molecular complexity index is 546. The van der Waals surface area contributed by atoms with Crippen LogP contribution in [-0.2, 0) is 9.59 Å². The second-order valence-electron chi connectivity index (χ2n) is 4.92. The van der Waals surface area contributed by atoms with Gasteiger partial charge in [0.2, 0.25) is 12.0 Å². The number of hydrogen-bond donors (Lipinski definition) is 1. The molecule has 2 unspecified atom stereocenters. The Morgan fingerprint density at radius 2 is 2.00 bits per heavy atom. The first kappa shape index (κ1) is 12.8. The van der Waals surface area contributed by atoms with Gasteiger partial charge in [-0.1, -0.05) is 12.1 Å². The number of nitrogens with one attached hydrogen (secondary N) is 1. The summed E-state index contributed by atoms with van der Waals surface area (Å²) in [4.78, 5) is 25.3. The molecule has 0 bridgehead atoms. The van der Waals surface area contributed by atoms with Crippen LogP contribution in [0.5, 0.6) is 11.5 Å². The molecule has 0 aromatic heterocycles. The summed E-state index contributed by atoms with van der Waals surface area (Å²) in [6.45, 7) is 2.84. The molecule has 2 aliphatic heterocycles. The zero-order valence-electron chi connectivity index (χ0n) is 11.2. The van der Waals surface area contributed by atoms with Crippen LogP contribution in [0.4, 0.5) is 0 Å². The molecule has 1 N–H and O–H groups in total. The van der Waals surface area contributed by atoms with E-state index in [1.54, 1.807) is 19.1 Å². The summed E-state index contributed by atoms with van der Waals surface area (Å²) >= 11 is 0. The van der Waals surface area contributed by atoms with E-state index in [4.69, 9.17) is 9.47 Å². The van der Waals surface area contributed by atoms with E-state index in [-0.39, 0.29) is 24.5 Å². The highest BCUT2D eigenvalue weighted by Gasteiger charge is 2.37. The first-order valence-electron chi connectivity index (χ1n) is 6.63. The minimum atomic E-state index is -0.712. The molecule has 1 aromatic rings. The number of piperazine rings is 1. The molecule has 1 saturated heterocycles. The molecule has 0 saturated carbocycles. The molecule has 0 spiro atoms. The van der Waals surface area contributed by atoms with Crippen LogP contribution < -0.4 is 14.8 Å². The summed E-state index contributed by atoms with van der Waals surface area (Å²) in [6.07, 6.45) is -1.10. The van der Waals surface area contributed by atoms with E-state index in [0.29, 0.717) is 24.6 Å². The third-order valence-corrected chi connectivity index (χ3v) is 3.44. The molecule has 6 heteroatoms. The number of para-hydroxylation sites is 2. The molecule has 20 heavy (non-hydrogen) atoms. The van der Waals surface area contributed by atoms with Crippen molar-refractivity contribution in [3.63, 3.8) is 0 Å². The van der Waals surface area contributed by atoms with Gasteiger partial charge in [0.15, 0.2) is 11.5 Å². The molecule has 6 nitrogen and oxygen atoms in total. The number of amides is 2. The molecule has 2 heterocycles. The van der Waals surface area contributed by atoms with Crippen molar-refractivity contribution in [1.82, 2.24) is 10.2 Å². The highest BCUT2D eigenvalue weighted by molar-refractivity contribution is 5.88. The van der Waals surface area contributed by atoms with Crippen LogP contribution in [0.2, 0.25) is 0 Å². The Hall–Kier alpha value is -2.24. The van der Waals surface area contributed by atoms with Crippen molar-refractivity contribution in [1.29, 1.82) is 0 Å². The fourth-order valence-electron chi connectivity index (χ4n) is 2.40. The summed E-state index contributed by atoms with van der Waals surface area (Å²) in [6, 6.07) is 7.26. The zero-order chi connectivity index (χ0) is 14.1. The molecule has 2 atom stereocenters. The minimum Gasteiger partial charge on any atom is -0.482 e. The van der Waals surface area contributed by atoms with Gasteiger partial charge in [0.25, 0.3) is 5.91 Å². The Labute approximate surface area is 116 Å². The van der Waals surface area contributed by atoms with Crippen molar-refractivity contribution in [2.75, 3.05) is 19.6 Å². The van der Waals surface area contributed by atoms with Gasteiger partial charge in [0, 0.05) is 13.1 Å². The van der Waals surface area contributed by atoms with Crippen LogP contribution in [0, 0.1) is 0 Å². The molecule has 0 radical (unpaired) electrons. The molecule has 3 rings (SSSR count). The summed E-state index contributed by atoms with van der Waals surface area (Å²) in [5, 5.41) is 2.69. The minimum absolute atomic E-state index is 0.0764. The quantitative estimate of drug-likeness (QED) is 0.794. The fourth-order valence-corrected chi connectivity index (χ4v) is 2.40. The van der Waals surface area contributed by atoms with E-state index in [0.717, 1.165) is 0 Å². The number of carbonyl (C=O) groups is 2. The maximum atomic E-state index is 12.5. The number of ether oxygens (including phenoxy) is 2. The third-order valence-electron chi connectivity index (χ3n) is 3.44. The van der Waals surface area contributed by atoms with Crippen molar-refractivity contribution in [2.45, 2.75) is 19.1 Å². The SMILES string of the molecule is CC1Oc2ccccc2OC1C(=O)N1CCNC(=O)C1. The van der Waals surface area contributed by atoms with Crippen molar-refractivity contribution in [2.24, 2.45) is 0 Å². The Balaban J connectivity index is 1.77. The van der Waals surface area contributed by atoms with Gasteiger partial charge in [-0.05, 0) is 19.1 Å². The second kappa shape index (κ2) is 5.03. The van der Waals surface area contributed by atoms with Crippen LogP contribution in [0.15, 0.2) is 24.3 Å². The van der Waals surface area contributed by atoms with E-state index in [1.807, 2.05) is 12.1 Å². The van der Waals surface area contributed by atoms with Gasteiger partial charge in [-0.25, -0.2) is 0 Å². The largest absolute Gasteiger partial charge is 0.482 e. The van der Waals surface area contributed by atoms with Crippen LogP contribution >= 0.6 is 0 Å². The zero-order valence-corrected chi connectivity index (χ0v) is 11.2.